The molecule has 0 aliphatic heterocycles. The molecule has 1 aromatic heterocycles. The van der Waals surface area contributed by atoms with E-state index in [1.807, 2.05) is 0 Å². The average molecular weight is 550 g/mol. The molecule has 0 saturated heterocycles. The number of benzene rings is 2. The number of aliphatic hydroxyl groups is 1. The van der Waals surface area contributed by atoms with Gasteiger partial charge in [-0.3, -0.25) is 9.78 Å². The van der Waals surface area contributed by atoms with Crippen molar-refractivity contribution in [3.63, 3.8) is 0 Å². The summed E-state index contributed by atoms with van der Waals surface area (Å²) in [5.41, 5.74) is -1.14. The molecule has 38 heavy (non-hydrogen) atoms. The van der Waals surface area contributed by atoms with E-state index >= 15 is 0 Å². The SMILES string of the molecule is O=C([C@@H](O)c1ccc(F)cc1)N(CCc1ccc(C(F)(F)F)cn1)c1ccc(OC(F)F)c(OC(F)F)c1. The van der Waals surface area contributed by atoms with Crippen LogP contribution in [-0.4, -0.2) is 35.8 Å². The van der Waals surface area contributed by atoms with E-state index in [9.17, 15) is 45.0 Å². The number of carbonyl (C=O) groups excluding carboxylic acids is 1. The van der Waals surface area contributed by atoms with E-state index < -0.39 is 54.3 Å². The zero-order chi connectivity index (χ0) is 28.0. The number of aromatic nitrogens is 1. The Kier molecular flexibility index (Phi) is 9.09. The van der Waals surface area contributed by atoms with Gasteiger partial charge in [0, 0.05) is 36.6 Å². The fourth-order valence-corrected chi connectivity index (χ4v) is 3.31. The van der Waals surface area contributed by atoms with Crippen molar-refractivity contribution in [2.24, 2.45) is 0 Å². The van der Waals surface area contributed by atoms with E-state index in [-0.39, 0.29) is 29.9 Å². The minimum absolute atomic E-state index is 0.0317. The fourth-order valence-electron chi connectivity index (χ4n) is 3.31. The number of ether oxygens (including phenoxy) is 2. The first kappa shape index (κ1) is 28.6. The average Bonchev–Trinajstić information content (AvgIpc) is 2.84. The summed E-state index contributed by atoms with van der Waals surface area (Å²) in [6.45, 7) is -7.18. The van der Waals surface area contributed by atoms with Gasteiger partial charge in [-0.2, -0.15) is 30.7 Å². The number of pyridine rings is 1. The Labute approximate surface area is 210 Å². The monoisotopic (exact) mass is 550 g/mol. The second-order valence-electron chi connectivity index (χ2n) is 7.62. The molecule has 0 radical (unpaired) electrons. The summed E-state index contributed by atoms with van der Waals surface area (Å²) >= 11 is 0. The van der Waals surface area contributed by atoms with Gasteiger partial charge in [-0.25, -0.2) is 4.39 Å². The highest BCUT2D eigenvalue weighted by Gasteiger charge is 2.31. The molecular weight excluding hydrogens is 532 g/mol. The summed E-state index contributed by atoms with van der Waals surface area (Å²) in [5.74, 6) is -3.31. The number of aliphatic hydroxyl groups excluding tert-OH is 1. The van der Waals surface area contributed by atoms with Gasteiger partial charge in [-0.05, 0) is 42.0 Å². The van der Waals surface area contributed by atoms with Crippen molar-refractivity contribution >= 4 is 11.6 Å². The molecule has 1 atom stereocenters. The van der Waals surface area contributed by atoms with Crippen LogP contribution in [0.5, 0.6) is 11.5 Å². The van der Waals surface area contributed by atoms with Gasteiger partial charge in [-0.1, -0.05) is 12.1 Å². The van der Waals surface area contributed by atoms with E-state index in [1.54, 1.807) is 0 Å². The van der Waals surface area contributed by atoms with Crippen LogP contribution in [0.25, 0.3) is 0 Å². The summed E-state index contributed by atoms with van der Waals surface area (Å²) in [5, 5.41) is 10.6. The summed E-state index contributed by atoms with van der Waals surface area (Å²) in [6, 6.07) is 8.71. The quantitative estimate of drug-likeness (QED) is 0.326. The van der Waals surface area contributed by atoms with Gasteiger partial charge in [0.1, 0.15) is 5.82 Å². The predicted molar refractivity (Wildman–Crippen MR) is 116 cm³/mol. The summed E-state index contributed by atoms with van der Waals surface area (Å²) in [7, 11) is 0. The third-order valence-corrected chi connectivity index (χ3v) is 5.10. The van der Waals surface area contributed by atoms with Crippen molar-refractivity contribution in [1.29, 1.82) is 0 Å². The molecule has 3 rings (SSSR count). The lowest BCUT2D eigenvalue weighted by Gasteiger charge is -2.26. The van der Waals surface area contributed by atoms with Gasteiger partial charge < -0.3 is 19.5 Å². The number of amides is 1. The van der Waals surface area contributed by atoms with Crippen LogP contribution in [0, 0.1) is 5.82 Å². The van der Waals surface area contributed by atoms with Crippen molar-refractivity contribution in [3.05, 3.63) is 83.4 Å². The first-order valence-electron chi connectivity index (χ1n) is 10.7. The van der Waals surface area contributed by atoms with Crippen LogP contribution >= 0.6 is 0 Å². The van der Waals surface area contributed by atoms with E-state index in [0.717, 1.165) is 59.5 Å². The molecule has 0 bridgehead atoms. The highest BCUT2D eigenvalue weighted by molar-refractivity contribution is 5.97. The lowest BCUT2D eigenvalue weighted by molar-refractivity contribution is -0.137. The van der Waals surface area contributed by atoms with Crippen LogP contribution in [0.1, 0.15) is 22.9 Å². The van der Waals surface area contributed by atoms with Crippen molar-refractivity contribution in [3.8, 4) is 11.5 Å². The number of rotatable bonds is 10. The van der Waals surface area contributed by atoms with Gasteiger partial charge in [0.05, 0.1) is 5.56 Å². The maximum Gasteiger partial charge on any atom is 0.417 e. The molecule has 204 valence electrons. The minimum atomic E-state index is -4.63. The van der Waals surface area contributed by atoms with Crippen LogP contribution in [-0.2, 0) is 17.4 Å². The third kappa shape index (κ3) is 7.54. The van der Waals surface area contributed by atoms with Crippen molar-refractivity contribution < 1.29 is 54.5 Å². The molecular formula is C24H18F8N2O4. The number of hydrogen-bond acceptors (Lipinski definition) is 5. The second kappa shape index (κ2) is 12.1. The van der Waals surface area contributed by atoms with Crippen LogP contribution in [0.4, 0.5) is 40.8 Å². The van der Waals surface area contributed by atoms with Crippen molar-refractivity contribution in [2.75, 3.05) is 11.4 Å². The Morgan fingerprint density at radius 2 is 1.55 bits per heavy atom. The second-order valence-corrected chi connectivity index (χ2v) is 7.62. The molecule has 0 saturated carbocycles. The maximum absolute atomic E-state index is 13.3. The molecule has 0 spiro atoms. The molecule has 6 nitrogen and oxygen atoms in total. The zero-order valence-corrected chi connectivity index (χ0v) is 19.0. The Balaban J connectivity index is 1.95. The molecule has 2 aromatic carbocycles. The number of halogens is 8. The smallest absolute Gasteiger partial charge is 0.417 e. The molecule has 0 fully saturated rings. The highest BCUT2D eigenvalue weighted by Crippen LogP contribution is 2.35. The molecule has 1 amide bonds. The topological polar surface area (TPSA) is 71.9 Å². The molecule has 0 aliphatic rings. The van der Waals surface area contributed by atoms with Gasteiger partial charge in [0.15, 0.2) is 17.6 Å². The van der Waals surface area contributed by atoms with Gasteiger partial charge in [-0.15, -0.1) is 0 Å². The molecule has 0 unspecified atom stereocenters. The van der Waals surface area contributed by atoms with E-state index in [4.69, 9.17) is 0 Å². The Morgan fingerprint density at radius 1 is 0.921 bits per heavy atom. The third-order valence-electron chi connectivity index (χ3n) is 5.10. The lowest BCUT2D eigenvalue weighted by atomic mass is 10.1. The van der Waals surface area contributed by atoms with E-state index in [0.29, 0.717) is 6.20 Å². The fraction of sp³-hybridized carbons (Fsp3) is 0.250. The highest BCUT2D eigenvalue weighted by atomic mass is 19.4. The van der Waals surface area contributed by atoms with Gasteiger partial charge >= 0.3 is 19.4 Å². The summed E-state index contributed by atoms with van der Waals surface area (Å²) in [4.78, 5) is 17.8. The standard InChI is InChI=1S/C24H18F8N2O4/c25-15-4-1-13(2-5-15)20(35)21(36)34(10-9-16-6-3-14(12-33-16)24(30,31)32)17-7-8-18(37-22(26)27)19(11-17)38-23(28)29/h1-8,11-12,20,22-23,35H,9-10H2/t20-/m0/s1. The number of alkyl halides is 7. The van der Waals surface area contributed by atoms with Gasteiger partial charge in [0.25, 0.3) is 5.91 Å². The summed E-state index contributed by atoms with van der Waals surface area (Å²) < 4.78 is 111. The lowest BCUT2D eigenvalue weighted by Crippen LogP contribution is -2.37. The van der Waals surface area contributed by atoms with Gasteiger partial charge in [0.2, 0.25) is 0 Å². The van der Waals surface area contributed by atoms with E-state index in [1.165, 1.54) is 0 Å². The van der Waals surface area contributed by atoms with Crippen LogP contribution in [0.3, 0.4) is 0 Å². The first-order valence-corrected chi connectivity index (χ1v) is 10.7. The Hall–Kier alpha value is -3.94. The largest absolute Gasteiger partial charge is 0.431 e. The molecule has 3 aromatic rings. The predicted octanol–water partition coefficient (Wildman–Crippen LogP) is 5.75. The van der Waals surface area contributed by atoms with Crippen LogP contribution < -0.4 is 14.4 Å². The normalized spacial score (nSPS) is 12.5. The Bertz CT molecular complexity index is 1220. The first-order chi connectivity index (χ1) is 17.8. The molecule has 14 heteroatoms. The number of anilines is 1. The van der Waals surface area contributed by atoms with Crippen molar-refractivity contribution in [2.45, 2.75) is 31.9 Å². The van der Waals surface area contributed by atoms with E-state index in [2.05, 4.69) is 14.5 Å². The summed E-state index contributed by atoms with van der Waals surface area (Å²) in [6.07, 6.45) is -6.09. The maximum atomic E-state index is 13.3. The number of nitrogens with zero attached hydrogens (tertiary/aromatic N) is 2. The number of hydrogen-bond donors (Lipinski definition) is 1. The molecule has 1 N–H and O–H groups in total. The van der Waals surface area contributed by atoms with Crippen LogP contribution in [0.2, 0.25) is 0 Å². The number of carbonyl (C=O) groups is 1. The van der Waals surface area contributed by atoms with Crippen LogP contribution in [0.15, 0.2) is 60.8 Å². The Morgan fingerprint density at radius 3 is 2.11 bits per heavy atom. The zero-order valence-electron chi connectivity index (χ0n) is 19.0. The molecule has 0 aliphatic carbocycles. The minimum Gasteiger partial charge on any atom is -0.431 e. The van der Waals surface area contributed by atoms with Crippen molar-refractivity contribution in [1.82, 2.24) is 4.98 Å². The molecule has 1 heterocycles.